The predicted octanol–water partition coefficient (Wildman–Crippen LogP) is -5.75. The molecule has 9 amide bonds. The number of nitrogens with two attached hydrogens (primary N) is 2. The van der Waals surface area contributed by atoms with Gasteiger partial charge in [-0.05, 0) is 44.9 Å². The summed E-state index contributed by atoms with van der Waals surface area (Å²) in [4.78, 5) is 150. The minimum atomic E-state index is -2.03. The number of carbonyl (C=O) groups is 12. The highest BCUT2D eigenvalue weighted by Crippen LogP contribution is 2.11. The molecule has 0 heterocycles. The lowest BCUT2D eigenvalue weighted by atomic mass is 9.99. The quantitative estimate of drug-likeness (QED) is 0.0333. The molecule has 26 nitrogen and oxygen atoms in total. The van der Waals surface area contributed by atoms with Gasteiger partial charge >= 0.3 is 17.9 Å². The Labute approximate surface area is 356 Å². The van der Waals surface area contributed by atoms with Crippen LogP contribution >= 0.6 is 0 Å². The van der Waals surface area contributed by atoms with E-state index in [0.29, 0.717) is 0 Å². The predicted molar refractivity (Wildman–Crippen MR) is 212 cm³/mol. The molecule has 62 heavy (non-hydrogen) atoms. The molecule has 8 atom stereocenters. The summed E-state index contributed by atoms with van der Waals surface area (Å²) in [5.74, 6) is -14.4. The molecular weight excluding hydrogens is 828 g/mol. The van der Waals surface area contributed by atoms with Crippen molar-refractivity contribution < 1.29 is 78.0 Å². The van der Waals surface area contributed by atoms with Gasteiger partial charge in [0.05, 0.1) is 19.6 Å². The molecule has 0 radical (unpaired) electrons. The molecule has 16 N–H and O–H groups in total. The van der Waals surface area contributed by atoms with E-state index in [9.17, 15) is 78.0 Å². The van der Waals surface area contributed by atoms with Crippen LogP contribution in [0.5, 0.6) is 0 Å². The fraction of sp³-hybridized carbons (Fsp3) is 0.667. The topological polar surface area (TPSA) is 434 Å². The molecule has 0 spiro atoms. The van der Waals surface area contributed by atoms with E-state index in [1.54, 1.807) is 27.7 Å². The molecular formula is C36H60N10O16. The first-order valence-electron chi connectivity index (χ1n) is 19.4. The maximum absolute atomic E-state index is 13.7. The molecule has 0 aliphatic carbocycles. The van der Waals surface area contributed by atoms with E-state index in [0.717, 1.165) is 0 Å². The van der Waals surface area contributed by atoms with Gasteiger partial charge in [-0.25, -0.2) is 4.79 Å². The van der Waals surface area contributed by atoms with Crippen LogP contribution in [0.3, 0.4) is 0 Å². The Morgan fingerprint density at radius 1 is 0.500 bits per heavy atom. The van der Waals surface area contributed by atoms with Gasteiger partial charge in [0, 0.05) is 12.8 Å². The Kier molecular flexibility index (Phi) is 24.6. The van der Waals surface area contributed by atoms with Crippen molar-refractivity contribution in [3.63, 3.8) is 0 Å². The Balaban J connectivity index is 6.26. The zero-order valence-electron chi connectivity index (χ0n) is 35.3. The molecule has 0 bridgehead atoms. The van der Waals surface area contributed by atoms with Gasteiger partial charge in [0.15, 0.2) is 0 Å². The summed E-state index contributed by atoms with van der Waals surface area (Å²) in [6, 6.07) is -12.4. The molecule has 0 rings (SSSR count). The fourth-order valence-corrected chi connectivity index (χ4v) is 5.30. The number of hydrogen-bond acceptors (Lipinski definition) is 14. The van der Waals surface area contributed by atoms with Crippen molar-refractivity contribution >= 4 is 71.1 Å². The van der Waals surface area contributed by atoms with E-state index in [4.69, 9.17) is 11.5 Å². The molecule has 0 aliphatic rings. The number of aliphatic hydroxyl groups is 1. The van der Waals surface area contributed by atoms with Crippen LogP contribution in [0.25, 0.3) is 0 Å². The first-order valence-corrected chi connectivity index (χ1v) is 19.4. The molecule has 26 heteroatoms. The third-order valence-corrected chi connectivity index (χ3v) is 8.70. The summed E-state index contributed by atoms with van der Waals surface area (Å²) in [6.45, 7) is 7.65. The van der Waals surface area contributed by atoms with Gasteiger partial charge in [-0.1, -0.05) is 27.7 Å². The number of hydrogen-bond donors (Lipinski definition) is 14. The van der Waals surface area contributed by atoms with Crippen molar-refractivity contribution in [3.05, 3.63) is 0 Å². The summed E-state index contributed by atoms with van der Waals surface area (Å²) < 4.78 is 0. The fourth-order valence-electron chi connectivity index (χ4n) is 5.30. The van der Waals surface area contributed by atoms with Crippen LogP contribution in [-0.2, 0) is 57.5 Å². The van der Waals surface area contributed by atoms with Crippen LogP contribution in [0.15, 0.2) is 0 Å². The van der Waals surface area contributed by atoms with E-state index in [1.807, 2.05) is 10.6 Å². The zero-order chi connectivity index (χ0) is 48.0. The number of carboxylic acid groups (broad SMARTS) is 3. The molecule has 0 fully saturated rings. The second kappa shape index (κ2) is 27.4. The largest absolute Gasteiger partial charge is 0.481 e. The van der Waals surface area contributed by atoms with Gasteiger partial charge in [-0.3, -0.25) is 52.7 Å². The molecule has 0 aromatic carbocycles. The minimum Gasteiger partial charge on any atom is -0.481 e. The summed E-state index contributed by atoms with van der Waals surface area (Å²) >= 11 is 0. The smallest absolute Gasteiger partial charge is 0.326 e. The molecule has 350 valence electrons. The third kappa shape index (κ3) is 21.2. The van der Waals surface area contributed by atoms with Crippen LogP contribution < -0.4 is 54.0 Å². The number of aliphatic carboxylic acids is 3. The van der Waals surface area contributed by atoms with Crippen LogP contribution in [0.1, 0.15) is 80.1 Å². The van der Waals surface area contributed by atoms with E-state index in [1.165, 1.54) is 13.8 Å². The maximum Gasteiger partial charge on any atom is 0.326 e. The number of primary amides is 1. The van der Waals surface area contributed by atoms with E-state index >= 15 is 0 Å². The maximum atomic E-state index is 13.7. The summed E-state index contributed by atoms with van der Waals surface area (Å²) in [5.41, 5.74) is 10.3. The van der Waals surface area contributed by atoms with Gasteiger partial charge in [-0.15, -0.1) is 0 Å². The summed E-state index contributed by atoms with van der Waals surface area (Å²) in [5, 5.41) is 56.0. The first kappa shape index (κ1) is 55.6. The number of aliphatic hydroxyl groups excluding tert-OH is 1. The van der Waals surface area contributed by atoms with E-state index in [-0.39, 0.29) is 18.9 Å². The van der Waals surface area contributed by atoms with Gasteiger partial charge in [-0.2, -0.15) is 0 Å². The Morgan fingerprint density at radius 3 is 1.44 bits per heavy atom. The van der Waals surface area contributed by atoms with Gasteiger partial charge in [0.1, 0.15) is 48.3 Å². The summed E-state index contributed by atoms with van der Waals surface area (Å²) in [7, 11) is 0. The first-order chi connectivity index (χ1) is 28.7. The van der Waals surface area contributed by atoms with Crippen molar-refractivity contribution in [2.24, 2.45) is 23.3 Å². The van der Waals surface area contributed by atoms with Gasteiger partial charge in [0.2, 0.25) is 53.2 Å². The SMILES string of the molecule is CC(C)C[C@H](NC(=O)[C@@H](NC(=O)[C@H](C)NC(=O)[C@H](C)NC(=O)CN)C(C)C)C(=O)N[C@@H](CCC(=O)O)C(=O)N[C@@H](CC(=O)O)C(=O)N[C@@H](CO)C(=O)N[C@@H](CCC(N)=O)C(=O)O. The molecule has 0 aromatic heterocycles. The lowest BCUT2D eigenvalue weighted by Gasteiger charge is -2.29. The minimum absolute atomic E-state index is 0.0671. The molecule has 0 unspecified atom stereocenters. The van der Waals surface area contributed by atoms with Crippen LogP contribution in [0.2, 0.25) is 0 Å². The number of nitrogens with one attached hydrogen (secondary N) is 8. The lowest BCUT2D eigenvalue weighted by Crippen LogP contribution is -2.61. The van der Waals surface area contributed by atoms with E-state index in [2.05, 4.69) is 31.9 Å². The second-order valence-electron chi connectivity index (χ2n) is 14.9. The van der Waals surface area contributed by atoms with Crippen molar-refractivity contribution in [2.75, 3.05) is 13.2 Å². The van der Waals surface area contributed by atoms with Crippen molar-refractivity contribution in [1.82, 2.24) is 42.5 Å². The molecule has 0 aromatic rings. The number of carboxylic acids is 3. The Morgan fingerprint density at radius 2 is 0.952 bits per heavy atom. The van der Waals surface area contributed by atoms with Crippen LogP contribution in [0.4, 0.5) is 0 Å². The van der Waals surface area contributed by atoms with Gasteiger partial charge in [0.25, 0.3) is 0 Å². The molecule has 0 aliphatic heterocycles. The highest BCUT2D eigenvalue weighted by Gasteiger charge is 2.35. The second-order valence-corrected chi connectivity index (χ2v) is 14.9. The Hall–Kier alpha value is -6.44. The molecule has 0 saturated heterocycles. The van der Waals surface area contributed by atoms with Crippen LogP contribution in [0, 0.1) is 11.8 Å². The normalized spacial score (nSPS) is 14.8. The monoisotopic (exact) mass is 888 g/mol. The van der Waals surface area contributed by atoms with Crippen LogP contribution in [-0.4, -0.2) is 153 Å². The number of rotatable bonds is 29. The highest BCUT2D eigenvalue weighted by molar-refractivity contribution is 5.98. The third-order valence-electron chi connectivity index (χ3n) is 8.70. The highest BCUT2D eigenvalue weighted by atomic mass is 16.4. The summed E-state index contributed by atoms with van der Waals surface area (Å²) in [6.07, 6.45) is -3.49. The molecule has 0 saturated carbocycles. The average molecular weight is 889 g/mol. The standard InChI is InChI=1S/C36H60N10O16/c1-15(2)11-21(44-35(60)28(16(3)4)46-30(55)18(6)40-29(54)17(5)39-25(49)13-37)32(57)41-19(8-10-26(50)51)31(56)43-22(12-27(52)53)33(58)45-23(14-47)34(59)42-20(36(61)62)7-9-24(38)48/h15-23,28,47H,7-14,37H2,1-6H3,(H2,38,48)(H,39,49)(H,40,54)(H,41,57)(H,42,59)(H,43,56)(H,44,60)(H,45,58)(H,46,55)(H,50,51)(H,52,53)(H,61,62)/t17-,18-,19-,20-,21-,22-,23-,28-/m0/s1. The Bertz CT molecular complexity index is 1660. The van der Waals surface area contributed by atoms with Crippen molar-refractivity contribution in [2.45, 2.75) is 128 Å². The van der Waals surface area contributed by atoms with Crippen molar-refractivity contribution in [1.29, 1.82) is 0 Å². The van der Waals surface area contributed by atoms with Crippen molar-refractivity contribution in [3.8, 4) is 0 Å². The number of carbonyl (C=O) groups excluding carboxylic acids is 9. The van der Waals surface area contributed by atoms with Gasteiger partial charge < -0.3 is 74.4 Å². The van der Waals surface area contributed by atoms with E-state index < -0.39 is 164 Å². The lowest BCUT2D eigenvalue weighted by molar-refractivity contribution is -0.144. The zero-order valence-corrected chi connectivity index (χ0v) is 35.3. The average Bonchev–Trinajstić information content (AvgIpc) is 3.16. The number of amides is 9.